The monoisotopic (exact) mass is 208 g/mol. The van der Waals surface area contributed by atoms with E-state index in [9.17, 15) is 0 Å². The van der Waals surface area contributed by atoms with Crippen molar-refractivity contribution in [2.75, 3.05) is 0 Å². The molecule has 2 heterocycles. The summed E-state index contributed by atoms with van der Waals surface area (Å²) in [5.74, 6) is 0. The fourth-order valence-corrected chi connectivity index (χ4v) is 2.13. The van der Waals surface area contributed by atoms with Crippen LogP contribution in [-0.4, -0.2) is 15.0 Å². The van der Waals surface area contributed by atoms with E-state index in [1.165, 1.54) is 4.88 Å². The highest BCUT2D eigenvalue weighted by molar-refractivity contribution is 7.10. The molecule has 0 saturated carbocycles. The lowest BCUT2D eigenvalue weighted by atomic mass is 10.1. The van der Waals surface area contributed by atoms with Crippen LogP contribution in [0.15, 0.2) is 17.6 Å². The molecular formula is C9H12N4S. The van der Waals surface area contributed by atoms with Crippen molar-refractivity contribution in [2.45, 2.75) is 13.0 Å². The maximum Gasteiger partial charge on any atom is 0.104 e. The predicted molar refractivity (Wildman–Crippen MR) is 56.1 cm³/mol. The summed E-state index contributed by atoms with van der Waals surface area (Å²) in [6.07, 6.45) is 1.85. The zero-order valence-corrected chi connectivity index (χ0v) is 8.95. The molecule has 0 fully saturated rings. The van der Waals surface area contributed by atoms with Gasteiger partial charge in [0.25, 0.3) is 0 Å². The molecule has 0 bridgehead atoms. The van der Waals surface area contributed by atoms with Gasteiger partial charge in [-0.15, -0.1) is 16.4 Å². The van der Waals surface area contributed by atoms with Crippen LogP contribution in [0.4, 0.5) is 0 Å². The highest BCUT2D eigenvalue weighted by Crippen LogP contribution is 2.24. The minimum atomic E-state index is -0.157. The number of nitrogens with two attached hydrogens (primary N) is 1. The average molecular weight is 208 g/mol. The van der Waals surface area contributed by atoms with Gasteiger partial charge in [-0.1, -0.05) is 5.21 Å². The van der Waals surface area contributed by atoms with E-state index in [1.54, 1.807) is 16.0 Å². The normalized spacial score (nSPS) is 13.1. The lowest BCUT2D eigenvalue weighted by Gasteiger charge is -2.06. The highest BCUT2D eigenvalue weighted by atomic mass is 32.1. The molecule has 74 valence electrons. The third-order valence-corrected chi connectivity index (χ3v) is 3.03. The van der Waals surface area contributed by atoms with Gasteiger partial charge in [-0.05, 0) is 23.9 Å². The van der Waals surface area contributed by atoms with Gasteiger partial charge in [0, 0.05) is 11.9 Å². The van der Waals surface area contributed by atoms with E-state index in [0.29, 0.717) is 0 Å². The first kappa shape index (κ1) is 9.36. The van der Waals surface area contributed by atoms with Crippen LogP contribution in [0.1, 0.15) is 22.2 Å². The first-order chi connectivity index (χ1) is 6.68. The molecule has 0 saturated heterocycles. The van der Waals surface area contributed by atoms with Crippen LogP contribution in [0.2, 0.25) is 0 Å². The lowest BCUT2D eigenvalue weighted by molar-refractivity contribution is 0.710. The molecule has 5 heteroatoms. The molecule has 0 aromatic carbocycles. The van der Waals surface area contributed by atoms with Gasteiger partial charge in [-0.3, -0.25) is 4.68 Å². The molecular weight excluding hydrogens is 196 g/mol. The summed E-state index contributed by atoms with van der Waals surface area (Å²) in [6.45, 7) is 2.07. The van der Waals surface area contributed by atoms with Gasteiger partial charge in [0.15, 0.2) is 0 Å². The van der Waals surface area contributed by atoms with Crippen LogP contribution < -0.4 is 5.73 Å². The summed E-state index contributed by atoms with van der Waals surface area (Å²) < 4.78 is 1.66. The van der Waals surface area contributed by atoms with Crippen LogP contribution in [0.25, 0.3) is 0 Å². The lowest BCUT2D eigenvalue weighted by Crippen LogP contribution is -2.12. The van der Waals surface area contributed by atoms with E-state index in [4.69, 9.17) is 5.73 Å². The van der Waals surface area contributed by atoms with Crippen molar-refractivity contribution >= 4 is 11.3 Å². The summed E-state index contributed by atoms with van der Waals surface area (Å²) in [5.41, 5.74) is 8.01. The Morgan fingerprint density at radius 2 is 2.36 bits per heavy atom. The summed E-state index contributed by atoms with van der Waals surface area (Å²) >= 11 is 1.70. The highest BCUT2D eigenvalue weighted by Gasteiger charge is 2.14. The van der Waals surface area contributed by atoms with Crippen molar-refractivity contribution < 1.29 is 0 Å². The van der Waals surface area contributed by atoms with Crippen LogP contribution in [0, 0.1) is 6.92 Å². The van der Waals surface area contributed by atoms with Gasteiger partial charge in [0.1, 0.15) is 5.69 Å². The Morgan fingerprint density at radius 1 is 1.57 bits per heavy atom. The van der Waals surface area contributed by atoms with Crippen LogP contribution >= 0.6 is 11.3 Å². The van der Waals surface area contributed by atoms with Crippen molar-refractivity contribution in [3.8, 4) is 0 Å². The van der Waals surface area contributed by atoms with Crippen molar-refractivity contribution in [2.24, 2.45) is 12.8 Å². The van der Waals surface area contributed by atoms with Crippen molar-refractivity contribution in [3.05, 3.63) is 33.8 Å². The molecule has 0 spiro atoms. The van der Waals surface area contributed by atoms with Gasteiger partial charge in [-0.25, -0.2) is 0 Å². The maximum absolute atomic E-state index is 6.07. The van der Waals surface area contributed by atoms with Crippen LogP contribution in [0.3, 0.4) is 0 Å². The van der Waals surface area contributed by atoms with E-state index in [0.717, 1.165) is 11.3 Å². The number of thiophene rings is 1. The Balaban J connectivity index is 2.33. The zero-order chi connectivity index (χ0) is 10.1. The first-order valence-corrected chi connectivity index (χ1v) is 5.22. The smallest absolute Gasteiger partial charge is 0.104 e. The van der Waals surface area contributed by atoms with E-state index in [-0.39, 0.29) is 6.04 Å². The number of hydrogen-bond acceptors (Lipinski definition) is 4. The van der Waals surface area contributed by atoms with Gasteiger partial charge in [-0.2, -0.15) is 0 Å². The Bertz CT molecular complexity index is 431. The minimum absolute atomic E-state index is 0.157. The van der Waals surface area contributed by atoms with Gasteiger partial charge in [0.2, 0.25) is 0 Å². The summed E-state index contributed by atoms with van der Waals surface area (Å²) in [6, 6.07) is 1.88. The first-order valence-electron chi connectivity index (χ1n) is 4.34. The van der Waals surface area contributed by atoms with E-state index >= 15 is 0 Å². The predicted octanol–water partition coefficient (Wildman–Crippen LogP) is 1.23. The summed E-state index contributed by atoms with van der Waals surface area (Å²) in [7, 11) is 1.84. The molecule has 1 atom stereocenters. The fraction of sp³-hybridized carbons (Fsp3) is 0.333. The molecule has 14 heavy (non-hydrogen) atoms. The van der Waals surface area contributed by atoms with E-state index in [1.807, 2.05) is 24.7 Å². The molecule has 0 aliphatic heterocycles. The molecule has 2 rings (SSSR count). The fourth-order valence-electron chi connectivity index (χ4n) is 1.38. The molecule has 4 nitrogen and oxygen atoms in total. The number of nitrogens with zero attached hydrogens (tertiary/aromatic N) is 3. The quantitative estimate of drug-likeness (QED) is 0.807. The van der Waals surface area contributed by atoms with Crippen molar-refractivity contribution in [1.29, 1.82) is 0 Å². The van der Waals surface area contributed by atoms with Crippen molar-refractivity contribution in [1.82, 2.24) is 15.0 Å². The number of hydrogen-bond donors (Lipinski definition) is 1. The number of aromatic nitrogens is 3. The van der Waals surface area contributed by atoms with E-state index < -0.39 is 0 Å². The Labute approximate surface area is 86.4 Å². The molecule has 2 aromatic rings. The molecule has 0 aliphatic carbocycles. The largest absolute Gasteiger partial charge is 0.319 e. The van der Waals surface area contributed by atoms with Crippen LogP contribution in [0.5, 0.6) is 0 Å². The SMILES string of the molecule is Cc1sccc1C(N)c1cn(C)nn1. The minimum Gasteiger partial charge on any atom is -0.319 e. The Hall–Kier alpha value is -1.20. The third kappa shape index (κ3) is 1.56. The molecule has 2 aromatic heterocycles. The standard InChI is InChI=1S/C9H12N4S/c1-6-7(3-4-14-6)9(10)8-5-13(2)12-11-8/h3-5,9H,10H2,1-2H3. The summed E-state index contributed by atoms with van der Waals surface area (Å²) in [4.78, 5) is 1.24. The second-order valence-corrected chi connectivity index (χ2v) is 4.35. The van der Waals surface area contributed by atoms with Gasteiger partial charge >= 0.3 is 0 Å². The van der Waals surface area contributed by atoms with Crippen LogP contribution in [-0.2, 0) is 7.05 Å². The number of aryl methyl sites for hydroxylation is 2. The van der Waals surface area contributed by atoms with Crippen molar-refractivity contribution in [3.63, 3.8) is 0 Å². The zero-order valence-electron chi connectivity index (χ0n) is 8.14. The molecule has 0 amide bonds. The Morgan fingerprint density at radius 3 is 2.86 bits per heavy atom. The molecule has 0 radical (unpaired) electrons. The third-order valence-electron chi connectivity index (χ3n) is 2.17. The maximum atomic E-state index is 6.07. The topological polar surface area (TPSA) is 56.7 Å². The molecule has 2 N–H and O–H groups in total. The second-order valence-electron chi connectivity index (χ2n) is 3.23. The molecule has 1 unspecified atom stereocenters. The number of rotatable bonds is 2. The average Bonchev–Trinajstić information content (AvgIpc) is 2.73. The second kappa shape index (κ2) is 3.51. The molecule has 0 aliphatic rings. The van der Waals surface area contributed by atoms with E-state index in [2.05, 4.69) is 17.2 Å². The Kier molecular flexibility index (Phi) is 2.35. The van der Waals surface area contributed by atoms with Gasteiger partial charge < -0.3 is 5.73 Å². The van der Waals surface area contributed by atoms with Gasteiger partial charge in [0.05, 0.1) is 12.2 Å². The summed E-state index contributed by atoms with van der Waals surface area (Å²) in [5, 5.41) is 9.92.